The largest absolute Gasteiger partial charge is 0.504 e. The Morgan fingerprint density at radius 1 is 1.21 bits per heavy atom. The molecule has 4 saturated carbocycles. The average Bonchev–Trinajstić information content (AvgIpc) is 2.52. The summed E-state index contributed by atoms with van der Waals surface area (Å²) in [5.41, 5.74) is 0.941. The second-order valence-corrected chi connectivity index (χ2v) is 8.01. The summed E-state index contributed by atoms with van der Waals surface area (Å²) >= 11 is 0. The maximum absolute atomic E-state index is 12.4. The highest BCUT2D eigenvalue weighted by atomic mass is 16.5. The predicted molar refractivity (Wildman–Crippen MR) is 90.9 cm³/mol. The fraction of sp³-hybridized carbons (Fsp3) is 0.632. The molecule has 5 heteroatoms. The maximum atomic E-state index is 12.4. The topological polar surface area (TPSA) is 70.6 Å². The Morgan fingerprint density at radius 3 is 2.42 bits per heavy atom. The van der Waals surface area contributed by atoms with E-state index in [1.165, 1.54) is 26.4 Å². The Kier molecular flexibility index (Phi) is 3.82. The van der Waals surface area contributed by atoms with E-state index in [9.17, 15) is 9.90 Å². The Morgan fingerprint density at radius 2 is 1.83 bits per heavy atom. The zero-order chi connectivity index (χ0) is 16.7. The molecule has 2 amide bonds. The number of nitrogens with one attached hydrogen (secondary N) is 2. The first-order valence-corrected chi connectivity index (χ1v) is 8.97. The van der Waals surface area contributed by atoms with E-state index in [1.807, 2.05) is 0 Å². The third-order valence-electron chi connectivity index (χ3n) is 6.11. The highest BCUT2D eigenvalue weighted by Gasteiger charge is 2.51. The molecule has 0 saturated heterocycles. The number of ether oxygens (including phenoxy) is 1. The van der Waals surface area contributed by atoms with E-state index in [4.69, 9.17) is 4.74 Å². The number of hydrogen-bond donors (Lipinski definition) is 3. The molecule has 3 N–H and O–H groups in total. The number of aromatic hydroxyl groups is 1. The molecule has 130 valence electrons. The standard InChI is InChI=1S/C19H26N2O3/c1-24-17-7-12(2-3-16(17)22)11-20-18(23)21-19-8-13-4-14(9-19)6-15(5-13)10-19/h2-3,7,13-15,22H,4-6,8-11H2,1H3,(H2,20,21,23). The molecule has 24 heavy (non-hydrogen) atoms. The van der Waals surface area contributed by atoms with Gasteiger partial charge < -0.3 is 20.5 Å². The molecular formula is C19H26N2O3. The number of phenolic OH excluding ortho intramolecular Hbond substituents is 1. The summed E-state index contributed by atoms with van der Waals surface area (Å²) in [6, 6.07) is 5.06. The highest BCUT2D eigenvalue weighted by molar-refractivity contribution is 5.75. The van der Waals surface area contributed by atoms with Crippen molar-refractivity contribution in [2.24, 2.45) is 17.8 Å². The molecule has 0 radical (unpaired) electrons. The fourth-order valence-electron chi connectivity index (χ4n) is 5.56. The van der Waals surface area contributed by atoms with Crippen LogP contribution in [0, 0.1) is 17.8 Å². The van der Waals surface area contributed by atoms with Crippen LogP contribution < -0.4 is 15.4 Å². The summed E-state index contributed by atoms with van der Waals surface area (Å²) in [5, 5.41) is 15.9. The first-order chi connectivity index (χ1) is 11.5. The van der Waals surface area contributed by atoms with Gasteiger partial charge in [-0.25, -0.2) is 4.79 Å². The van der Waals surface area contributed by atoms with Gasteiger partial charge in [-0.2, -0.15) is 0 Å². The van der Waals surface area contributed by atoms with Crippen molar-refractivity contribution in [1.29, 1.82) is 0 Å². The molecule has 1 aromatic carbocycles. The summed E-state index contributed by atoms with van der Waals surface area (Å²) < 4.78 is 5.11. The SMILES string of the molecule is COc1cc(CNC(=O)NC23CC4CC(CC(C4)C2)C3)ccc1O. The number of carbonyl (C=O) groups excluding carboxylic acids is 1. The Balaban J connectivity index is 1.36. The van der Waals surface area contributed by atoms with Gasteiger partial charge in [0.15, 0.2) is 11.5 Å². The molecule has 4 aliphatic carbocycles. The summed E-state index contributed by atoms with van der Waals surface area (Å²) in [4.78, 5) is 12.4. The number of amides is 2. The van der Waals surface area contributed by atoms with Crippen molar-refractivity contribution in [3.05, 3.63) is 23.8 Å². The first kappa shape index (κ1) is 15.6. The van der Waals surface area contributed by atoms with Gasteiger partial charge in [0.05, 0.1) is 7.11 Å². The van der Waals surface area contributed by atoms with E-state index in [-0.39, 0.29) is 17.3 Å². The average molecular weight is 330 g/mol. The van der Waals surface area contributed by atoms with Crippen LogP contribution in [0.5, 0.6) is 11.5 Å². The zero-order valence-corrected chi connectivity index (χ0v) is 14.2. The van der Waals surface area contributed by atoms with Crippen molar-refractivity contribution in [3.8, 4) is 11.5 Å². The molecule has 5 rings (SSSR count). The van der Waals surface area contributed by atoms with Crippen LogP contribution in [0.3, 0.4) is 0 Å². The van der Waals surface area contributed by atoms with E-state index in [1.54, 1.807) is 18.2 Å². The minimum atomic E-state index is -0.0796. The number of methoxy groups -OCH3 is 1. The molecule has 0 atom stereocenters. The quantitative estimate of drug-likeness (QED) is 0.794. The highest BCUT2D eigenvalue weighted by Crippen LogP contribution is 2.55. The molecule has 4 bridgehead atoms. The van der Waals surface area contributed by atoms with Gasteiger partial charge in [0, 0.05) is 12.1 Å². The molecule has 0 heterocycles. The number of phenols is 1. The van der Waals surface area contributed by atoms with Crippen LogP contribution in [0.2, 0.25) is 0 Å². The number of hydrogen-bond acceptors (Lipinski definition) is 3. The van der Waals surface area contributed by atoms with Crippen LogP contribution in [0.1, 0.15) is 44.1 Å². The molecule has 0 spiro atoms. The lowest BCUT2D eigenvalue weighted by atomic mass is 9.53. The smallest absolute Gasteiger partial charge is 0.315 e. The number of rotatable bonds is 4. The number of benzene rings is 1. The number of urea groups is 1. The lowest BCUT2D eigenvalue weighted by Gasteiger charge is -2.56. The van der Waals surface area contributed by atoms with Crippen LogP contribution in [0.25, 0.3) is 0 Å². The third-order valence-corrected chi connectivity index (χ3v) is 6.11. The summed E-state index contributed by atoms with van der Waals surface area (Å²) in [7, 11) is 1.52. The third kappa shape index (κ3) is 2.92. The minimum absolute atomic E-state index is 0.0332. The Labute approximate surface area is 142 Å². The van der Waals surface area contributed by atoms with Crippen molar-refractivity contribution < 1.29 is 14.6 Å². The van der Waals surface area contributed by atoms with Gasteiger partial charge in [-0.05, 0) is 74.0 Å². The molecule has 0 aromatic heterocycles. The van der Waals surface area contributed by atoms with Gasteiger partial charge in [0.2, 0.25) is 0 Å². The van der Waals surface area contributed by atoms with E-state index in [2.05, 4.69) is 10.6 Å². The van der Waals surface area contributed by atoms with Gasteiger partial charge in [-0.1, -0.05) is 6.07 Å². The summed E-state index contributed by atoms with van der Waals surface area (Å²) in [5.74, 6) is 2.99. The van der Waals surface area contributed by atoms with Crippen LogP contribution in [0.15, 0.2) is 18.2 Å². The lowest BCUT2D eigenvalue weighted by Crippen LogP contribution is -2.61. The van der Waals surface area contributed by atoms with Crippen LogP contribution >= 0.6 is 0 Å². The molecule has 5 nitrogen and oxygen atoms in total. The summed E-state index contributed by atoms with van der Waals surface area (Å²) in [6.07, 6.45) is 7.57. The lowest BCUT2D eigenvalue weighted by molar-refractivity contribution is -0.0135. The Hall–Kier alpha value is -1.91. The van der Waals surface area contributed by atoms with E-state index in [0.29, 0.717) is 12.3 Å². The van der Waals surface area contributed by atoms with E-state index < -0.39 is 0 Å². The van der Waals surface area contributed by atoms with Crippen molar-refractivity contribution in [2.45, 2.75) is 50.6 Å². The maximum Gasteiger partial charge on any atom is 0.315 e. The van der Waals surface area contributed by atoms with Crippen molar-refractivity contribution >= 4 is 6.03 Å². The van der Waals surface area contributed by atoms with Gasteiger partial charge in [0.25, 0.3) is 0 Å². The van der Waals surface area contributed by atoms with Crippen molar-refractivity contribution in [1.82, 2.24) is 10.6 Å². The number of carbonyl (C=O) groups is 1. The van der Waals surface area contributed by atoms with Crippen LogP contribution in [-0.4, -0.2) is 23.8 Å². The zero-order valence-electron chi connectivity index (χ0n) is 14.2. The van der Waals surface area contributed by atoms with Crippen LogP contribution in [-0.2, 0) is 6.54 Å². The summed E-state index contributed by atoms with van der Waals surface area (Å²) in [6.45, 7) is 0.425. The monoisotopic (exact) mass is 330 g/mol. The van der Waals surface area contributed by atoms with Gasteiger partial charge in [-0.3, -0.25) is 0 Å². The van der Waals surface area contributed by atoms with E-state index in [0.717, 1.165) is 42.6 Å². The van der Waals surface area contributed by atoms with Crippen molar-refractivity contribution in [2.75, 3.05) is 7.11 Å². The van der Waals surface area contributed by atoms with Gasteiger partial charge in [-0.15, -0.1) is 0 Å². The second kappa shape index (κ2) is 5.87. The Bertz CT molecular complexity index is 608. The first-order valence-electron chi connectivity index (χ1n) is 8.97. The van der Waals surface area contributed by atoms with E-state index >= 15 is 0 Å². The van der Waals surface area contributed by atoms with Crippen molar-refractivity contribution in [3.63, 3.8) is 0 Å². The normalized spacial score (nSPS) is 33.3. The molecule has 0 unspecified atom stereocenters. The second-order valence-electron chi connectivity index (χ2n) is 8.01. The van der Waals surface area contributed by atoms with Gasteiger partial charge >= 0.3 is 6.03 Å². The molecular weight excluding hydrogens is 304 g/mol. The van der Waals surface area contributed by atoms with Gasteiger partial charge in [0.1, 0.15) is 0 Å². The predicted octanol–water partition coefficient (Wildman–Crippen LogP) is 3.17. The molecule has 0 aliphatic heterocycles. The molecule has 4 fully saturated rings. The minimum Gasteiger partial charge on any atom is -0.504 e. The fourth-order valence-corrected chi connectivity index (χ4v) is 5.56. The molecule has 4 aliphatic rings. The molecule has 1 aromatic rings. The van der Waals surface area contributed by atoms with Crippen LogP contribution in [0.4, 0.5) is 4.79 Å².